The number of furan rings is 2. The lowest BCUT2D eigenvalue weighted by Gasteiger charge is -2.39. The average Bonchev–Trinajstić information content (AvgIpc) is 1.51. The van der Waals surface area contributed by atoms with Crippen LogP contribution in [0.25, 0.3) is 127 Å². The van der Waals surface area contributed by atoms with Gasteiger partial charge in [-0.2, -0.15) is 0 Å². The third-order valence-electron chi connectivity index (χ3n) is 22.1. The molecule has 2 atom stereocenters. The minimum absolute atomic E-state index is 0.0874. The van der Waals surface area contributed by atoms with Crippen molar-refractivity contribution in [1.29, 1.82) is 0 Å². The Balaban J connectivity index is 0.900. The molecule has 19 rings (SSSR count). The van der Waals surface area contributed by atoms with Crippen molar-refractivity contribution in [2.45, 2.75) is 117 Å². The maximum Gasteiger partial charge on any atom is 0.159 e. The van der Waals surface area contributed by atoms with Crippen LogP contribution < -0.4 is 9.80 Å². The lowest BCUT2D eigenvalue weighted by Crippen LogP contribution is -2.37. The lowest BCUT2D eigenvalue weighted by atomic mass is 9.79. The SMILES string of the molecule is CC(C)(C)c1cccc2c1-n1c3c(c4cc5c(cc41)c1ccc(N(c4ccccc4-c4ccccc4)c4cccc6c4oc4c(C(C)(C)C)cccc46)c4c6cccc(C(C)(C)C)c6n5c14)C=CC(N(c1ccccc1-c1ccccc1)c1cccc4c1oc1c(C(C)(C)C)cccc14)C23. The Morgan fingerprint density at radius 3 is 1.44 bits per heavy atom. The maximum absolute atomic E-state index is 7.41. The quantitative estimate of drug-likeness (QED) is 0.152. The third-order valence-corrected chi connectivity index (χ3v) is 22.1. The molecule has 0 amide bonds. The number of hydrogen-bond donors (Lipinski definition) is 0. The molecule has 6 heteroatoms. The minimum Gasteiger partial charge on any atom is -0.454 e. The van der Waals surface area contributed by atoms with E-state index in [0.29, 0.717) is 0 Å². The molecule has 6 nitrogen and oxygen atoms in total. The molecule has 100 heavy (non-hydrogen) atoms. The summed E-state index contributed by atoms with van der Waals surface area (Å²) < 4.78 is 20.2. The van der Waals surface area contributed by atoms with Gasteiger partial charge < -0.3 is 27.6 Å². The van der Waals surface area contributed by atoms with Crippen molar-refractivity contribution in [2.24, 2.45) is 0 Å². The van der Waals surface area contributed by atoms with E-state index in [9.17, 15) is 0 Å². The van der Waals surface area contributed by atoms with E-state index in [-0.39, 0.29) is 33.6 Å². The molecular formula is C94H80N4O2. The zero-order valence-corrected chi connectivity index (χ0v) is 59.0. The summed E-state index contributed by atoms with van der Waals surface area (Å²) in [6.07, 6.45) is 5.01. The van der Waals surface area contributed by atoms with E-state index in [1.165, 1.54) is 93.8 Å². The topological polar surface area (TPSA) is 42.1 Å². The molecule has 0 radical (unpaired) electrons. The first-order valence-electron chi connectivity index (χ1n) is 35.7. The van der Waals surface area contributed by atoms with Crippen molar-refractivity contribution in [3.8, 4) is 27.9 Å². The van der Waals surface area contributed by atoms with E-state index < -0.39 is 0 Å². The molecule has 0 saturated heterocycles. The monoisotopic (exact) mass is 1300 g/mol. The molecular weight excluding hydrogens is 1220 g/mol. The van der Waals surface area contributed by atoms with Gasteiger partial charge in [-0.25, -0.2) is 0 Å². The third kappa shape index (κ3) is 8.61. The first-order valence-corrected chi connectivity index (χ1v) is 35.7. The molecule has 488 valence electrons. The van der Waals surface area contributed by atoms with E-state index in [2.05, 4.69) is 357 Å². The summed E-state index contributed by atoms with van der Waals surface area (Å²) >= 11 is 0. The van der Waals surface area contributed by atoms with Crippen LogP contribution >= 0.6 is 0 Å². The smallest absolute Gasteiger partial charge is 0.159 e. The Kier molecular flexibility index (Phi) is 12.8. The Morgan fingerprint density at radius 1 is 0.350 bits per heavy atom. The number of nitrogens with zero attached hydrogens (tertiary/aromatic N) is 4. The molecule has 2 unspecified atom stereocenters. The number of fused-ring (bicyclic) bond motifs is 18. The molecule has 17 aromatic rings. The van der Waals surface area contributed by atoms with Gasteiger partial charge in [0.05, 0.1) is 62.5 Å². The summed E-state index contributed by atoms with van der Waals surface area (Å²) in [5.74, 6) is -0.0874. The highest BCUT2D eigenvalue weighted by Gasteiger charge is 2.46. The van der Waals surface area contributed by atoms with Crippen molar-refractivity contribution in [3.05, 3.63) is 288 Å². The minimum atomic E-state index is -0.210. The summed E-state index contributed by atoms with van der Waals surface area (Å²) in [5.41, 5.74) is 27.9. The Bertz CT molecular complexity index is 6280. The van der Waals surface area contributed by atoms with Gasteiger partial charge in [0.2, 0.25) is 0 Å². The molecule has 0 fully saturated rings. The maximum atomic E-state index is 7.41. The van der Waals surface area contributed by atoms with Crippen LogP contribution in [0.1, 0.15) is 128 Å². The second-order valence-corrected chi connectivity index (χ2v) is 32.3. The van der Waals surface area contributed by atoms with Gasteiger partial charge >= 0.3 is 0 Å². The van der Waals surface area contributed by atoms with Crippen LogP contribution in [0.15, 0.2) is 258 Å². The Hall–Kier alpha value is -11.1. The van der Waals surface area contributed by atoms with Crippen molar-refractivity contribution in [2.75, 3.05) is 9.80 Å². The standard InChI is InChI=1S/C94H80N4O2/c1-91(2,3)69-41-25-39-65-81-75(95(73-45-21-19-33-57(73)55-29-15-13-16-30-55)77-47-27-37-63-61-35-23-43-71(93(7,8)9)87(61)99-89(63)77)51-49-59-67-54-80-68(53-79(67)97(83(65)69)85(59)81)60-50-52-76(82-66-40-26-42-70(92(4,5)6)84(66)98(80)86(60)82)96(74-46-22-20-34-58(74)56-31-17-14-18-32-56)78-48-28-38-64-62-36-24-44-72(94(10,11)12)88(62)100-90(64)78/h13-54,75,81H,1-12H3. The Labute approximate surface area is 584 Å². The van der Waals surface area contributed by atoms with Crippen LogP contribution in [-0.4, -0.2) is 15.0 Å². The lowest BCUT2D eigenvalue weighted by molar-refractivity contribution is 0.572. The summed E-state index contributed by atoms with van der Waals surface area (Å²) in [4.78, 5) is 5.16. The van der Waals surface area contributed by atoms with E-state index in [1.807, 2.05) is 0 Å². The normalized spacial score (nSPS) is 15.0. The highest BCUT2D eigenvalue weighted by molar-refractivity contribution is 6.30. The van der Waals surface area contributed by atoms with Crippen LogP contribution in [0.2, 0.25) is 0 Å². The first-order chi connectivity index (χ1) is 48.2. The molecule has 1 aliphatic heterocycles. The van der Waals surface area contributed by atoms with Crippen LogP contribution in [0.3, 0.4) is 0 Å². The van der Waals surface area contributed by atoms with Crippen LogP contribution in [0.4, 0.5) is 28.4 Å². The zero-order valence-electron chi connectivity index (χ0n) is 59.0. The number of rotatable bonds is 8. The van der Waals surface area contributed by atoms with E-state index in [0.717, 1.165) is 94.6 Å². The van der Waals surface area contributed by atoms with Crippen molar-refractivity contribution < 1.29 is 8.83 Å². The largest absolute Gasteiger partial charge is 0.454 e. The predicted octanol–water partition coefficient (Wildman–Crippen LogP) is 26.3. The fourth-order valence-corrected chi connectivity index (χ4v) is 17.7. The number of aromatic nitrogens is 2. The number of anilines is 5. The van der Waals surface area contributed by atoms with Gasteiger partial charge in [-0.05, 0) is 91.9 Å². The second-order valence-electron chi connectivity index (χ2n) is 32.3. The van der Waals surface area contributed by atoms with Gasteiger partial charge in [0.1, 0.15) is 11.2 Å². The summed E-state index contributed by atoms with van der Waals surface area (Å²) in [5, 5.41) is 10.6. The zero-order chi connectivity index (χ0) is 68.2. The fraction of sp³-hybridized carbons (Fsp3) is 0.191. The summed E-state index contributed by atoms with van der Waals surface area (Å²) in [7, 11) is 0. The average molecular weight is 1300 g/mol. The van der Waals surface area contributed by atoms with Crippen molar-refractivity contribution in [3.63, 3.8) is 0 Å². The van der Waals surface area contributed by atoms with Gasteiger partial charge in [-0.15, -0.1) is 0 Å². The van der Waals surface area contributed by atoms with Crippen molar-refractivity contribution in [1.82, 2.24) is 8.97 Å². The first kappa shape index (κ1) is 60.1. The van der Waals surface area contributed by atoms with Gasteiger partial charge in [-0.3, -0.25) is 0 Å². The van der Waals surface area contributed by atoms with Crippen LogP contribution in [0.5, 0.6) is 0 Å². The molecule has 0 N–H and O–H groups in total. The molecule has 0 bridgehead atoms. The van der Waals surface area contributed by atoms with Gasteiger partial charge in [-0.1, -0.05) is 295 Å². The van der Waals surface area contributed by atoms with Crippen LogP contribution in [0, 0.1) is 0 Å². The number of para-hydroxylation sites is 8. The molecule has 5 aromatic heterocycles. The summed E-state index contributed by atoms with van der Waals surface area (Å²) in [6.45, 7) is 28.0. The summed E-state index contributed by atoms with van der Waals surface area (Å²) in [6, 6.07) is 90.6. The van der Waals surface area contributed by atoms with Gasteiger partial charge in [0.25, 0.3) is 0 Å². The molecule has 12 aromatic carbocycles. The molecule has 0 saturated carbocycles. The van der Waals surface area contributed by atoms with Crippen molar-refractivity contribution >= 4 is 127 Å². The fourth-order valence-electron chi connectivity index (χ4n) is 17.7. The molecule has 0 spiro atoms. The molecule has 1 aliphatic carbocycles. The van der Waals surface area contributed by atoms with Gasteiger partial charge in [0, 0.05) is 87.7 Å². The number of benzene rings is 12. The van der Waals surface area contributed by atoms with Crippen LogP contribution in [-0.2, 0) is 21.7 Å². The predicted molar refractivity (Wildman–Crippen MR) is 423 cm³/mol. The van der Waals surface area contributed by atoms with E-state index in [1.54, 1.807) is 0 Å². The highest BCUT2D eigenvalue weighted by atomic mass is 16.3. The van der Waals surface area contributed by atoms with Gasteiger partial charge in [0.15, 0.2) is 11.2 Å². The van der Waals surface area contributed by atoms with E-state index >= 15 is 0 Å². The van der Waals surface area contributed by atoms with E-state index in [4.69, 9.17) is 8.83 Å². The second kappa shape index (κ2) is 21.2. The molecule has 6 heterocycles. The molecule has 2 aliphatic rings. The highest BCUT2D eigenvalue weighted by Crippen LogP contribution is 2.59. The number of hydrogen-bond acceptors (Lipinski definition) is 4. The Morgan fingerprint density at radius 2 is 0.830 bits per heavy atom.